The molecule has 2 atom stereocenters. The molecule has 3 aromatic carbocycles. The summed E-state index contributed by atoms with van der Waals surface area (Å²) in [5, 5.41) is 4.52. The predicted molar refractivity (Wildman–Crippen MR) is 140 cm³/mol. The zero-order chi connectivity index (χ0) is 25.6. The molecule has 0 fully saturated rings. The molecule has 0 bridgehead atoms. The zero-order valence-corrected chi connectivity index (χ0v) is 21.5. The lowest BCUT2D eigenvalue weighted by Crippen LogP contribution is -2.52. The van der Waals surface area contributed by atoms with Gasteiger partial charge in [-0.2, -0.15) is 0 Å². The molecule has 0 aliphatic carbocycles. The second kappa shape index (κ2) is 11.4. The van der Waals surface area contributed by atoms with Gasteiger partial charge in [-0.1, -0.05) is 73.7 Å². The van der Waals surface area contributed by atoms with Gasteiger partial charge in [0, 0.05) is 18.0 Å². The first-order valence-electron chi connectivity index (χ1n) is 11.7. The van der Waals surface area contributed by atoms with Crippen molar-refractivity contribution in [1.82, 2.24) is 10.2 Å². The lowest BCUT2D eigenvalue weighted by atomic mass is 10.1. The van der Waals surface area contributed by atoms with E-state index in [1.807, 2.05) is 74.5 Å². The van der Waals surface area contributed by atoms with E-state index in [9.17, 15) is 18.0 Å². The molecule has 3 aromatic rings. The number of amides is 2. The Kier molecular flexibility index (Phi) is 8.51. The number of sulfonamides is 1. The van der Waals surface area contributed by atoms with Crippen LogP contribution in [0.25, 0.3) is 10.8 Å². The molecule has 0 aromatic heterocycles. The van der Waals surface area contributed by atoms with Crippen LogP contribution in [-0.4, -0.2) is 50.0 Å². The number of rotatable bonds is 10. The van der Waals surface area contributed by atoms with E-state index in [-0.39, 0.29) is 18.5 Å². The van der Waals surface area contributed by atoms with Crippen molar-refractivity contribution in [3.05, 3.63) is 78.4 Å². The van der Waals surface area contributed by atoms with E-state index in [0.717, 1.165) is 33.3 Å². The molecule has 2 unspecified atom stereocenters. The summed E-state index contributed by atoms with van der Waals surface area (Å²) in [5.41, 5.74) is 1.27. The third-order valence-corrected chi connectivity index (χ3v) is 7.21. The number of nitrogens with one attached hydrogen (secondary N) is 1. The average molecular weight is 496 g/mol. The molecule has 1 N–H and O–H groups in total. The Balaban J connectivity index is 1.97. The SMILES string of the molecule is CCC(C)NC(=O)C(C)N(Cc1ccccc1)C(=O)CN(c1cccc2ccccc12)S(C)(=O)=O. The van der Waals surface area contributed by atoms with Gasteiger partial charge in [0.05, 0.1) is 11.9 Å². The van der Waals surface area contributed by atoms with Crippen LogP contribution in [0.5, 0.6) is 0 Å². The summed E-state index contributed by atoms with van der Waals surface area (Å²) in [6.07, 6.45) is 1.84. The molecule has 0 radical (unpaired) electrons. The van der Waals surface area contributed by atoms with Crippen molar-refractivity contribution >= 4 is 38.3 Å². The van der Waals surface area contributed by atoms with Gasteiger partial charge < -0.3 is 10.2 Å². The second-order valence-corrected chi connectivity index (χ2v) is 10.7. The van der Waals surface area contributed by atoms with Crippen LogP contribution in [0.1, 0.15) is 32.8 Å². The van der Waals surface area contributed by atoms with Crippen molar-refractivity contribution in [3.63, 3.8) is 0 Å². The van der Waals surface area contributed by atoms with Crippen LogP contribution in [0.2, 0.25) is 0 Å². The number of anilines is 1. The summed E-state index contributed by atoms with van der Waals surface area (Å²) in [6, 6.07) is 21.3. The first-order valence-corrected chi connectivity index (χ1v) is 13.6. The zero-order valence-electron chi connectivity index (χ0n) is 20.6. The highest BCUT2D eigenvalue weighted by atomic mass is 32.2. The Morgan fingerprint density at radius 2 is 1.54 bits per heavy atom. The number of fused-ring (bicyclic) bond motifs is 1. The van der Waals surface area contributed by atoms with Crippen LogP contribution in [0.4, 0.5) is 5.69 Å². The number of hydrogen-bond acceptors (Lipinski definition) is 4. The fourth-order valence-electron chi connectivity index (χ4n) is 3.85. The highest BCUT2D eigenvalue weighted by Crippen LogP contribution is 2.28. The second-order valence-electron chi connectivity index (χ2n) is 8.77. The Bertz CT molecular complexity index is 1270. The Hall–Kier alpha value is -3.39. The van der Waals surface area contributed by atoms with E-state index in [1.54, 1.807) is 19.1 Å². The molecule has 0 saturated heterocycles. The van der Waals surface area contributed by atoms with Crippen molar-refractivity contribution < 1.29 is 18.0 Å². The monoisotopic (exact) mass is 495 g/mol. The van der Waals surface area contributed by atoms with Gasteiger partial charge in [0.25, 0.3) is 0 Å². The maximum absolute atomic E-state index is 13.7. The summed E-state index contributed by atoms with van der Waals surface area (Å²) in [5.74, 6) is -0.737. The first-order chi connectivity index (χ1) is 16.6. The minimum Gasteiger partial charge on any atom is -0.352 e. The van der Waals surface area contributed by atoms with Gasteiger partial charge in [0.15, 0.2) is 0 Å². The summed E-state index contributed by atoms with van der Waals surface area (Å²) < 4.78 is 26.8. The molecule has 7 nitrogen and oxygen atoms in total. The van der Waals surface area contributed by atoms with Crippen LogP contribution < -0.4 is 9.62 Å². The number of nitrogens with zero attached hydrogens (tertiary/aromatic N) is 2. The molecule has 35 heavy (non-hydrogen) atoms. The van der Waals surface area contributed by atoms with E-state index in [4.69, 9.17) is 0 Å². The first kappa shape index (κ1) is 26.2. The Morgan fingerprint density at radius 3 is 2.20 bits per heavy atom. The van der Waals surface area contributed by atoms with Crippen LogP contribution >= 0.6 is 0 Å². The lowest BCUT2D eigenvalue weighted by molar-refractivity contribution is -0.139. The van der Waals surface area contributed by atoms with Gasteiger partial charge in [0.2, 0.25) is 21.8 Å². The van der Waals surface area contributed by atoms with E-state index in [2.05, 4.69) is 5.32 Å². The van der Waals surface area contributed by atoms with Crippen molar-refractivity contribution in [2.24, 2.45) is 0 Å². The van der Waals surface area contributed by atoms with Gasteiger partial charge in [-0.15, -0.1) is 0 Å². The van der Waals surface area contributed by atoms with E-state index >= 15 is 0 Å². The van der Waals surface area contributed by atoms with Crippen LogP contribution in [0.3, 0.4) is 0 Å². The summed E-state index contributed by atoms with van der Waals surface area (Å²) in [7, 11) is -3.79. The molecule has 8 heteroatoms. The quantitative estimate of drug-likeness (QED) is 0.462. The topological polar surface area (TPSA) is 86.8 Å². The smallest absolute Gasteiger partial charge is 0.244 e. The van der Waals surface area contributed by atoms with E-state index < -0.39 is 28.5 Å². The summed E-state index contributed by atoms with van der Waals surface area (Å²) in [4.78, 5) is 28.0. The number of benzene rings is 3. The minimum atomic E-state index is -3.79. The Labute approximate surface area is 207 Å². The molecule has 0 heterocycles. The molecule has 186 valence electrons. The third-order valence-electron chi connectivity index (χ3n) is 6.08. The maximum atomic E-state index is 13.7. The molecular formula is C27H33N3O4S. The summed E-state index contributed by atoms with van der Waals surface area (Å²) >= 11 is 0. The van der Waals surface area contributed by atoms with E-state index in [1.165, 1.54) is 4.90 Å². The van der Waals surface area contributed by atoms with Gasteiger partial charge in [-0.05, 0) is 37.3 Å². The minimum absolute atomic E-state index is 0.0400. The standard InChI is InChI=1S/C27H33N3O4S/c1-5-20(2)28-27(32)21(3)29(18-22-12-7-6-8-13-22)26(31)19-30(35(4,33)34)25-17-11-15-23-14-9-10-16-24(23)25/h6-17,20-21H,5,18-19H2,1-4H3,(H,28,32). The van der Waals surface area contributed by atoms with Crippen LogP contribution in [0, 0.1) is 0 Å². The van der Waals surface area contributed by atoms with Crippen LogP contribution in [-0.2, 0) is 26.2 Å². The molecule has 0 spiro atoms. The van der Waals surface area contributed by atoms with Crippen molar-refractivity contribution in [2.45, 2.75) is 45.8 Å². The van der Waals surface area contributed by atoms with Crippen molar-refractivity contribution in [1.29, 1.82) is 0 Å². The number of hydrogen-bond donors (Lipinski definition) is 1. The predicted octanol–water partition coefficient (Wildman–Crippen LogP) is 3.94. The molecular weight excluding hydrogens is 462 g/mol. The van der Waals surface area contributed by atoms with Gasteiger partial charge in [-0.3, -0.25) is 13.9 Å². The largest absolute Gasteiger partial charge is 0.352 e. The van der Waals surface area contributed by atoms with Crippen molar-refractivity contribution in [3.8, 4) is 0 Å². The average Bonchev–Trinajstić information content (AvgIpc) is 2.84. The van der Waals surface area contributed by atoms with Gasteiger partial charge in [0.1, 0.15) is 12.6 Å². The molecule has 3 rings (SSSR count). The number of carbonyl (C=O) groups is 2. The van der Waals surface area contributed by atoms with E-state index in [0.29, 0.717) is 5.69 Å². The fraction of sp³-hybridized carbons (Fsp3) is 0.333. The normalized spacial score (nSPS) is 13.1. The summed E-state index contributed by atoms with van der Waals surface area (Å²) in [6.45, 7) is 5.31. The molecule has 0 aliphatic rings. The van der Waals surface area contributed by atoms with Crippen LogP contribution in [0.15, 0.2) is 72.8 Å². The van der Waals surface area contributed by atoms with Gasteiger partial charge in [-0.25, -0.2) is 8.42 Å². The maximum Gasteiger partial charge on any atom is 0.244 e. The fourth-order valence-corrected chi connectivity index (χ4v) is 4.71. The molecule has 0 aliphatic heterocycles. The third kappa shape index (κ3) is 6.60. The Morgan fingerprint density at radius 1 is 0.914 bits per heavy atom. The molecule has 0 saturated carbocycles. The number of carbonyl (C=O) groups excluding carboxylic acids is 2. The highest BCUT2D eigenvalue weighted by molar-refractivity contribution is 7.92. The van der Waals surface area contributed by atoms with Crippen molar-refractivity contribution in [2.75, 3.05) is 17.1 Å². The van der Waals surface area contributed by atoms with Gasteiger partial charge >= 0.3 is 0 Å². The highest BCUT2D eigenvalue weighted by Gasteiger charge is 2.30. The molecule has 2 amide bonds. The lowest BCUT2D eigenvalue weighted by Gasteiger charge is -2.32.